The Morgan fingerprint density at radius 1 is 1.18 bits per heavy atom. The first-order chi connectivity index (χ1) is 16.0. The number of hydrogen-bond acceptors (Lipinski definition) is 6. The number of amides is 1. The molecular formula is C25H31BFN3O3S. The van der Waals surface area contributed by atoms with Gasteiger partial charge in [0.25, 0.3) is 5.91 Å². The van der Waals surface area contributed by atoms with Crippen LogP contribution in [0.1, 0.15) is 61.5 Å². The van der Waals surface area contributed by atoms with E-state index in [0.29, 0.717) is 25.4 Å². The van der Waals surface area contributed by atoms with Crippen molar-refractivity contribution in [3.8, 4) is 0 Å². The predicted octanol–water partition coefficient (Wildman–Crippen LogP) is 3.93. The summed E-state index contributed by atoms with van der Waals surface area (Å²) in [5, 5.41) is 16.4. The molecule has 0 spiro atoms. The van der Waals surface area contributed by atoms with E-state index in [2.05, 4.69) is 15.6 Å². The molecule has 1 aromatic carbocycles. The lowest BCUT2D eigenvalue weighted by Crippen LogP contribution is -2.49. The molecule has 0 saturated heterocycles. The molecule has 1 amide bonds. The minimum absolute atomic E-state index is 0.262. The number of aromatic nitrogens is 1. The topological polar surface area (TPSA) is 83.5 Å². The Kier molecular flexibility index (Phi) is 8.12. The van der Waals surface area contributed by atoms with Crippen LogP contribution in [0.5, 0.6) is 0 Å². The van der Waals surface area contributed by atoms with E-state index in [4.69, 9.17) is 4.65 Å². The number of thiophene rings is 1. The van der Waals surface area contributed by atoms with Crippen LogP contribution in [0.2, 0.25) is 0 Å². The maximum atomic E-state index is 13.2. The standard InChI is InChI=1S/C25H31BFN3O3S/c1-16(17-8-10-18(27)11-9-17)30-23(31)20-7-6-14-28-22(20)29-15-19-12-13-21(34-19)26-33-25(4,5)24(2,3)32/h6-14,16,26,32H,15H2,1-5H3,(H,28,29)(H,30,31)/t16-/m0/s1. The van der Waals surface area contributed by atoms with Crippen molar-refractivity contribution in [1.29, 1.82) is 0 Å². The fourth-order valence-corrected chi connectivity index (χ4v) is 3.90. The Hall–Kier alpha value is -2.75. The number of benzene rings is 1. The second-order valence-electron chi connectivity index (χ2n) is 9.23. The van der Waals surface area contributed by atoms with E-state index in [9.17, 15) is 14.3 Å². The van der Waals surface area contributed by atoms with E-state index in [1.165, 1.54) is 12.1 Å². The third-order valence-electron chi connectivity index (χ3n) is 5.97. The first-order valence-corrected chi connectivity index (χ1v) is 12.0. The number of nitrogens with one attached hydrogen (secondary N) is 2. The Morgan fingerprint density at radius 3 is 2.56 bits per heavy atom. The van der Waals surface area contributed by atoms with E-state index < -0.39 is 11.2 Å². The van der Waals surface area contributed by atoms with Gasteiger partial charge < -0.3 is 20.4 Å². The van der Waals surface area contributed by atoms with Crippen LogP contribution in [0.25, 0.3) is 0 Å². The summed E-state index contributed by atoms with van der Waals surface area (Å²) in [5.74, 6) is -0.0903. The normalized spacial score (nSPS) is 12.8. The Labute approximate surface area is 204 Å². The summed E-state index contributed by atoms with van der Waals surface area (Å²) in [7, 11) is 0.403. The summed E-state index contributed by atoms with van der Waals surface area (Å²) in [5.41, 5.74) is -0.395. The summed E-state index contributed by atoms with van der Waals surface area (Å²) >= 11 is 1.60. The minimum Gasteiger partial charge on any atom is -0.426 e. The summed E-state index contributed by atoms with van der Waals surface area (Å²) in [6, 6.07) is 13.2. The summed E-state index contributed by atoms with van der Waals surface area (Å²) < 4.78 is 20.2. The van der Waals surface area contributed by atoms with Crippen LogP contribution in [-0.4, -0.2) is 34.7 Å². The van der Waals surface area contributed by atoms with Gasteiger partial charge in [-0.25, -0.2) is 9.37 Å². The molecule has 9 heteroatoms. The van der Waals surface area contributed by atoms with Gasteiger partial charge in [0, 0.05) is 15.9 Å². The van der Waals surface area contributed by atoms with Crippen LogP contribution in [0, 0.1) is 5.82 Å². The van der Waals surface area contributed by atoms with Gasteiger partial charge >= 0.3 is 7.48 Å². The molecule has 2 aromatic heterocycles. The maximum absolute atomic E-state index is 13.2. The summed E-state index contributed by atoms with van der Waals surface area (Å²) in [6.45, 7) is 9.56. The SMILES string of the molecule is C[C@H](NC(=O)c1cccnc1NCc1ccc(BOC(C)(C)C(C)(C)O)s1)c1ccc(F)cc1. The van der Waals surface area contributed by atoms with Crippen LogP contribution in [0.3, 0.4) is 0 Å². The smallest absolute Gasteiger partial charge is 0.319 e. The first-order valence-electron chi connectivity index (χ1n) is 11.2. The highest BCUT2D eigenvalue weighted by Crippen LogP contribution is 2.24. The Morgan fingerprint density at radius 2 is 1.88 bits per heavy atom. The molecule has 3 rings (SSSR count). The fourth-order valence-electron chi connectivity index (χ4n) is 3.03. The second kappa shape index (κ2) is 10.7. The van der Waals surface area contributed by atoms with Crippen molar-refractivity contribution in [1.82, 2.24) is 10.3 Å². The van der Waals surface area contributed by atoms with Crippen molar-refractivity contribution in [2.24, 2.45) is 0 Å². The van der Waals surface area contributed by atoms with Crippen LogP contribution in [0.4, 0.5) is 10.2 Å². The van der Waals surface area contributed by atoms with Crippen molar-refractivity contribution in [3.05, 3.63) is 76.5 Å². The van der Waals surface area contributed by atoms with Crippen LogP contribution in [0.15, 0.2) is 54.7 Å². The monoisotopic (exact) mass is 483 g/mol. The summed E-state index contributed by atoms with van der Waals surface area (Å²) in [4.78, 5) is 18.3. The molecule has 3 N–H and O–H groups in total. The number of carbonyl (C=O) groups is 1. The highest BCUT2D eigenvalue weighted by atomic mass is 32.1. The van der Waals surface area contributed by atoms with Gasteiger partial charge in [-0.1, -0.05) is 18.2 Å². The molecule has 0 aliphatic rings. The van der Waals surface area contributed by atoms with Gasteiger partial charge in [0.1, 0.15) is 11.6 Å². The van der Waals surface area contributed by atoms with Crippen LogP contribution in [-0.2, 0) is 11.2 Å². The van der Waals surface area contributed by atoms with E-state index in [1.807, 2.05) is 32.9 Å². The number of pyridine rings is 1. The Bertz CT molecular complexity index is 1110. The minimum atomic E-state index is -0.960. The zero-order valence-corrected chi connectivity index (χ0v) is 21.0. The number of nitrogens with zero attached hydrogens (tertiary/aromatic N) is 1. The molecule has 0 fully saturated rings. The maximum Gasteiger partial charge on any atom is 0.319 e. The molecule has 0 radical (unpaired) electrons. The Balaban J connectivity index is 1.60. The molecule has 34 heavy (non-hydrogen) atoms. The second-order valence-corrected chi connectivity index (χ2v) is 10.5. The molecule has 180 valence electrons. The van der Waals surface area contributed by atoms with Crippen LogP contribution >= 0.6 is 11.3 Å². The molecule has 0 aliphatic heterocycles. The van der Waals surface area contributed by atoms with Crippen molar-refractivity contribution in [2.75, 3.05) is 5.32 Å². The number of anilines is 1. The van der Waals surface area contributed by atoms with Gasteiger partial charge in [-0.05, 0) is 70.5 Å². The first kappa shape index (κ1) is 25.9. The van der Waals surface area contributed by atoms with E-state index in [0.717, 1.165) is 15.2 Å². The largest absolute Gasteiger partial charge is 0.426 e. The predicted molar refractivity (Wildman–Crippen MR) is 136 cm³/mol. The molecule has 2 heterocycles. The number of halogens is 1. The molecule has 6 nitrogen and oxygen atoms in total. The van der Waals surface area contributed by atoms with Gasteiger partial charge in [-0.2, -0.15) is 11.3 Å². The molecule has 3 aromatic rings. The third-order valence-corrected chi connectivity index (χ3v) is 7.02. The van der Waals surface area contributed by atoms with Gasteiger partial charge in [0.15, 0.2) is 0 Å². The molecular weight excluding hydrogens is 452 g/mol. The van der Waals surface area contributed by atoms with Gasteiger partial charge in [-0.15, -0.1) is 0 Å². The van der Waals surface area contributed by atoms with E-state index in [-0.39, 0.29) is 17.8 Å². The number of rotatable bonds is 10. The number of carbonyl (C=O) groups excluding carboxylic acids is 1. The van der Waals surface area contributed by atoms with E-state index >= 15 is 0 Å². The summed E-state index contributed by atoms with van der Waals surface area (Å²) in [6.07, 6.45) is 1.63. The molecule has 0 saturated carbocycles. The number of aliphatic hydroxyl groups is 1. The zero-order valence-electron chi connectivity index (χ0n) is 20.2. The highest BCUT2D eigenvalue weighted by Gasteiger charge is 2.35. The van der Waals surface area contributed by atoms with Crippen molar-refractivity contribution < 1.29 is 18.9 Å². The van der Waals surface area contributed by atoms with Crippen molar-refractivity contribution in [3.63, 3.8) is 0 Å². The fraction of sp³-hybridized carbons (Fsp3) is 0.360. The number of hydrogen-bond donors (Lipinski definition) is 3. The quantitative estimate of drug-likeness (QED) is 0.381. The lowest BCUT2D eigenvalue weighted by atomic mass is 9.86. The van der Waals surface area contributed by atoms with Gasteiger partial charge in [0.05, 0.1) is 29.4 Å². The van der Waals surface area contributed by atoms with Crippen molar-refractivity contribution in [2.45, 2.75) is 58.4 Å². The molecule has 0 aliphatic carbocycles. The van der Waals surface area contributed by atoms with Gasteiger partial charge in [0.2, 0.25) is 0 Å². The zero-order chi connectivity index (χ0) is 24.9. The van der Waals surface area contributed by atoms with Crippen molar-refractivity contribution >= 4 is 35.3 Å². The van der Waals surface area contributed by atoms with Gasteiger partial charge in [-0.3, -0.25) is 4.79 Å². The molecule has 1 atom stereocenters. The average Bonchev–Trinajstić information content (AvgIpc) is 3.24. The lowest BCUT2D eigenvalue weighted by Gasteiger charge is -2.37. The molecule has 0 unspecified atom stereocenters. The van der Waals surface area contributed by atoms with E-state index in [1.54, 1.807) is 55.6 Å². The van der Waals surface area contributed by atoms with Crippen LogP contribution < -0.4 is 15.4 Å². The lowest BCUT2D eigenvalue weighted by molar-refractivity contribution is -0.0892. The molecule has 0 bridgehead atoms. The highest BCUT2D eigenvalue weighted by molar-refractivity contribution is 7.21. The third kappa shape index (κ3) is 6.65. The average molecular weight is 483 g/mol.